The van der Waals surface area contributed by atoms with Crippen LogP contribution in [0.15, 0.2) is 30.3 Å². The van der Waals surface area contributed by atoms with Crippen LogP contribution in [0.2, 0.25) is 0 Å². The summed E-state index contributed by atoms with van der Waals surface area (Å²) in [5, 5.41) is 0. The molecule has 1 saturated carbocycles. The molecule has 1 aromatic carbocycles. The van der Waals surface area contributed by atoms with Gasteiger partial charge in [-0.2, -0.15) is 0 Å². The first-order valence-corrected chi connectivity index (χ1v) is 8.50. The molecule has 3 heteroatoms. The van der Waals surface area contributed by atoms with Gasteiger partial charge < -0.3 is 4.74 Å². The Kier molecular flexibility index (Phi) is 6.63. The topological polar surface area (TPSA) is 43.4 Å². The Morgan fingerprint density at radius 2 is 1.64 bits per heavy atom. The van der Waals surface area contributed by atoms with Crippen molar-refractivity contribution in [3.05, 3.63) is 35.9 Å². The van der Waals surface area contributed by atoms with Gasteiger partial charge >= 0.3 is 5.97 Å². The highest BCUT2D eigenvalue weighted by Gasteiger charge is 2.36. The molecule has 1 aliphatic carbocycles. The van der Waals surface area contributed by atoms with Gasteiger partial charge in [-0.05, 0) is 25.7 Å². The number of rotatable bonds is 5. The predicted molar refractivity (Wildman–Crippen MR) is 86.7 cm³/mol. The Hall–Kier alpha value is -1.64. The predicted octanol–water partition coefficient (Wildman–Crippen LogP) is 4.41. The second-order valence-corrected chi connectivity index (χ2v) is 6.07. The molecule has 0 spiro atoms. The maximum Gasteiger partial charge on any atom is 0.317 e. The highest BCUT2D eigenvalue weighted by Crippen LogP contribution is 2.31. The lowest BCUT2D eigenvalue weighted by Gasteiger charge is -2.26. The average Bonchev–Trinajstić information content (AvgIpc) is 2.50. The maximum atomic E-state index is 12.9. The van der Waals surface area contributed by atoms with Crippen LogP contribution in [0.5, 0.6) is 0 Å². The fourth-order valence-electron chi connectivity index (χ4n) is 3.35. The second kappa shape index (κ2) is 8.72. The molecule has 120 valence electrons. The molecule has 0 aliphatic heterocycles. The van der Waals surface area contributed by atoms with E-state index in [1.165, 1.54) is 19.3 Å². The summed E-state index contributed by atoms with van der Waals surface area (Å²) in [6, 6.07) is 9.14. The largest absolute Gasteiger partial charge is 0.465 e. The fourth-order valence-corrected chi connectivity index (χ4v) is 3.35. The molecule has 0 heterocycles. The number of benzene rings is 1. The number of Topliss-reactive ketones (excluding diaryl/α,β-unsaturated/α-hetero) is 1. The quantitative estimate of drug-likeness (QED) is 0.460. The van der Waals surface area contributed by atoms with E-state index in [1.54, 1.807) is 19.1 Å². The molecule has 1 atom stereocenters. The number of hydrogen-bond acceptors (Lipinski definition) is 3. The summed E-state index contributed by atoms with van der Waals surface area (Å²) in [5.41, 5.74) is 0.614. The molecule has 2 rings (SSSR count). The van der Waals surface area contributed by atoms with Crippen LogP contribution in [-0.2, 0) is 9.53 Å². The van der Waals surface area contributed by atoms with Crippen molar-refractivity contribution in [1.82, 2.24) is 0 Å². The average molecular weight is 302 g/mol. The van der Waals surface area contributed by atoms with Crippen molar-refractivity contribution >= 4 is 11.8 Å². The van der Waals surface area contributed by atoms with Gasteiger partial charge in [0.15, 0.2) is 5.78 Å². The van der Waals surface area contributed by atoms with Gasteiger partial charge in [0.1, 0.15) is 5.92 Å². The summed E-state index contributed by atoms with van der Waals surface area (Å²) in [6.45, 7) is 2.12. The molecular weight excluding hydrogens is 276 g/mol. The van der Waals surface area contributed by atoms with E-state index in [4.69, 9.17) is 4.74 Å². The minimum absolute atomic E-state index is 0.0791. The van der Waals surface area contributed by atoms with Gasteiger partial charge in [0, 0.05) is 5.56 Å². The molecule has 0 saturated heterocycles. The van der Waals surface area contributed by atoms with Crippen molar-refractivity contribution in [1.29, 1.82) is 0 Å². The molecular formula is C19H26O3. The third-order valence-corrected chi connectivity index (χ3v) is 4.50. The number of carbonyl (C=O) groups excluding carboxylic acids is 2. The van der Waals surface area contributed by atoms with E-state index in [9.17, 15) is 9.59 Å². The first kappa shape index (κ1) is 16.7. The molecule has 1 fully saturated rings. The molecule has 1 aliphatic rings. The number of ether oxygens (including phenoxy) is 1. The van der Waals surface area contributed by atoms with Crippen LogP contribution in [0.3, 0.4) is 0 Å². The van der Waals surface area contributed by atoms with Gasteiger partial charge in [-0.1, -0.05) is 62.4 Å². The van der Waals surface area contributed by atoms with E-state index in [2.05, 4.69) is 0 Å². The lowest BCUT2D eigenvalue weighted by atomic mass is 9.78. The van der Waals surface area contributed by atoms with Crippen molar-refractivity contribution in [3.63, 3.8) is 0 Å². The van der Waals surface area contributed by atoms with Gasteiger partial charge in [0.25, 0.3) is 0 Å². The Bertz CT molecular complexity index is 473. The Morgan fingerprint density at radius 3 is 2.23 bits per heavy atom. The Labute approximate surface area is 133 Å². The molecule has 0 N–H and O–H groups in total. The number of carbonyl (C=O) groups is 2. The molecule has 1 unspecified atom stereocenters. The number of esters is 1. The van der Waals surface area contributed by atoms with E-state index in [0.29, 0.717) is 12.2 Å². The Morgan fingerprint density at radius 1 is 1.05 bits per heavy atom. The van der Waals surface area contributed by atoms with E-state index in [0.717, 1.165) is 25.7 Å². The van der Waals surface area contributed by atoms with Gasteiger partial charge in [-0.3, -0.25) is 9.59 Å². The fraction of sp³-hybridized carbons (Fsp3) is 0.579. The number of ketones is 1. The molecule has 0 bridgehead atoms. The van der Waals surface area contributed by atoms with Crippen LogP contribution in [0.25, 0.3) is 0 Å². The lowest BCUT2D eigenvalue weighted by molar-refractivity contribution is -0.148. The molecule has 0 radical (unpaired) electrons. The minimum Gasteiger partial charge on any atom is -0.465 e. The van der Waals surface area contributed by atoms with E-state index in [1.807, 2.05) is 18.2 Å². The van der Waals surface area contributed by atoms with Gasteiger partial charge in [-0.25, -0.2) is 0 Å². The van der Waals surface area contributed by atoms with E-state index >= 15 is 0 Å². The van der Waals surface area contributed by atoms with Crippen LogP contribution in [0.4, 0.5) is 0 Å². The minimum atomic E-state index is -0.638. The third kappa shape index (κ3) is 4.43. The standard InChI is InChI=1S/C19H26O3/c1-2-22-19(21)17(15-11-7-4-3-5-8-12-15)18(20)16-13-9-6-10-14-16/h6,9-10,13-15,17H,2-5,7-8,11-12H2,1H3. The summed E-state index contributed by atoms with van der Waals surface area (Å²) in [6.07, 6.45) is 7.76. The van der Waals surface area contributed by atoms with Crippen LogP contribution >= 0.6 is 0 Å². The first-order chi connectivity index (χ1) is 10.7. The summed E-state index contributed by atoms with van der Waals surface area (Å²) < 4.78 is 5.21. The zero-order valence-electron chi connectivity index (χ0n) is 13.4. The summed E-state index contributed by atoms with van der Waals surface area (Å²) in [5.74, 6) is -0.945. The molecule has 0 aromatic heterocycles. The van der Waals surface area contributed by atoms with Crippen LogP contribution in [0.1, 0.15) is 62.2 Å². The van der Waals surface area contributed by atoms with Gasteiger partial charge in [0.05, 0.1) is 6.61 Å². The normalized spacial score (nSPS) is 18.0. The SMILES string of the molecule is CCOC(=O)C(C(=O)c1ccccc1)C1CCCCCCC1. The molecule has 1 aromatic rings. The van der Waals surface area contributed by atoms with Gasteiger partial charge in [-0.15, -0.1) is 0 Å². The van der Waals surface area contributed by atoms with Crippen molar-refractivity contribution in [2.75, 3.05) is 6.61 Å². The summed E-state index contributed by atoms with van der Waals surface area (Å²) >= 11 is 0. The Balaban J connectivity index is 2.21. The lowest BCUT2D eigenvalue weighted by Crippen LogP contribution is -2.33. The van der Waals surface area contributed by atoms with Crippen LogP contribution in [0, 0.1) is 11.8 Å². The highest BCUT2D eigenvalue weighted by molar-refractivity contribution is 6.08. The van der Waals surface area contributed by atoms with E-state index < -0.39 is 5.92 Å². The monoisotopic (exact) mass is 302 g/mol. The molecule has 22 heavy (non-hydrogen) atoms. The molecule has 0 amide bonds. The van der Waals surface area contributed by atoms with Crippen molar-refractivity contribution in [3.8, 4) is 0 Å². The second-order valence-electron chi connectivity index (χ2n) is 6.07. The van der Waals surface area contributed by atoms with Gasteiger partial charge in [0.2, 0.25) is 0 Å². The van der Waals surface area contributed by atoms with Crippen LogP contribution < -0.4 is 0 Å². The van der Waals surface area contributed by atoms with E-state index in [-0.39, 0.29) is 17.7 Å². The van der Waals surface area contributed by atoms with Crippen LogP contribution in [-0.4, -0.2) is 18.4 Å². The maximum absolute atomic E-state index is 12.9. The highest BCUT2D eigenvalue weighted by atomic mass is 16.5. The van der Waals surface area contributed by atoms with Crippen molar-refractivity contribution in [2.45, 2.75) is 51.9 Å². The van der Waals surface area contributed by atoms with Crippen molar-refractivity contribution < 1.29 is 14.3 Å². The smallest absolute Gasteiger partial charge is 0.317 e. The third-order valence-electron chi connectivity index (χ3n) is 4.50. The zero-order valence-corrected chi connectivity index (χ0v) is 13.4. The van der Waals surface area contributed by atoms with Crippen molar-refractivity contribution in [2.24, 2.45) is 11.8 Å². The summed E-state index contributed by atoms with van der Waals surface area (Å²) in [7, 11) is 0. The molecule has 3 nitrogen and oxygen atoms in total. The first-order valence-electron chi connectivity index (χ1n) is 8.50. The number of hydrogen-bond donors (Lipinski definition) is 0. The zero-order chi connectivity index (χ0) is 15.8. The summed E-state index contributed by atoms with van der Waals surface area (Å²) in [4.78, 5) is 25.3.